The number of benzene rings is 1. The minimum atomic E-state index is -0.447. The molecule has 1 N–H and O–H groups in total. The molecule has 3 heteroatoms. The van der Waals surface area contributed by atoms with Gasteiger partial charge in [0, 0.05) is 0 Å². The molecule has 16 heavy (non-hydrogen) atoms. The number of carbonyl (C=O) groups excluding carboxylic acids is 1. The van der Waals surface area contributed by atoms with Gasteiger partial charge in [0.2, 0.25) is 0 Å². The van der Waals surface area contributed by atoms with Crippen LogP contribution in [-0.2, 0) is 4.74 Å². The first-order valence-electron chi connectivity index (χ1n) is 5.62. The third-order valence-electron chi connectivity index (χ3n) is 2.35. The normalized spacial score (nSPS) is 10.1. The second-order valence-corrected chi connectivity index (χ2v) is 3.86. The van der Waals surface area contributed by atoms with Crippen LogP contribution in [0.4, 0.5) is 0 Å². The molecule has 1 aromatic carbocycles. The Labute approximate surface area is 96.1 Å². The SMILES string of the molecule is CCCCCOC(=O)c1cc(C)ccc1O. The zero-order valence-corrected chi connectivity index (χ0v) is 9.82. The summed E-state index contributed by atoms with van der Waals surface area (Å²) in [5.41, 5.74) is 1.18. The number of phenols is 1. The largest absolute Gasteiger partial charge is 0.507 e. The van der Waals surface area contributed by atoms with Gasteiger partial charge in [0.05, 0.1) is 6.61 Å². The smallest absolute Gasteiger partial charge is 0.341 e. The quantitative estimate of drug-likeness (QED) is 0.615. The van der Waals surface area contributed by atoms with Gasteiger partial charge in [-0.1, -0.05) is 31.4 Å². The molecule has 0 saturated heterocycles. The van der Waals surface area contributed by atoms with Gasteiger partial charge in [0.1, 0.15) is 11.3 Å². The van der Waals surface area contributed by atoms with Gasteiger partial charge >= 0.3 is 5.97 Å². The van der Waals surface area contributed by atoms with Crippen molar-refractivity contribution in [3.8, 4) is 5.75 Å². The van der Waals surface area contributed by atoms with Crippen LogP contribution in [-0.4, -0.2) is 17.7 Å². The van der Waals surface area contributed by atoms with Gasteiger partial charge in [-0.25, -0.2) is 4.79 Å². The summed E-state index contributed by atoms with van der Waals surface area (Å²) in [4.78, 5) is 11.6. The maximum atomic E-state index is 11.6. The van der Waals surface area contributed by atoms with Gasteiger partial charge in [0.15, 0.2) is 0 Å². The summed E-state index contributed by atoms with van der Waals surface area (Å²) in [6.45, 7) is 4.38. The molecule has 0 saturated carbocycles. The Morgan fingerprint density at radius 1 is 1.38 bits per heavy atom. The summed E-state index contributed by atoms with van der Waals surface area (Å²) in [5, 5.41) is 9.51. The van der Waals surface area contributed by atoms with E-state index in [4.69, 9.17) is 4.74 Å². The van der Waals surface area contributed by atoms with E-state index in [0.29, 0.717) is 6.61 Å². The topological polar surface area (TPSA) is 46.5 Å². The van der Waals surface area contributed by atoms with Crippen LogP contribution < -0.4 is 0 Å². The van der Waals surface area contributed by atoms with E-state index in [-0.39, 0.29) is 11.3 Å². The van der Waals surface area contributed by atoms with E-state index in [1.165, 1.54) is 6.07 Å². The molecular formula is C13H18O3. The fourth-order valence-electron chi connectivity index (χ4n) is 1.41. The molecular weight excluding hydrogens is 204 g/mol. The highest BCUT2D eigenvalue weighted by molar-refractivity contribution is 5.92. The predicted molar refractivity (Wildman–Crippen MR) is 62.7 cm³/mol. The molecule has 0 aliphatic heterocycles. The first kappa shape index (κ1) is 12.6. The van der Waals surface area contributed by atoms with Crippen LogP contribution in [0.25, 0.3) is 0 Å². The van der Waals surface area contributed by atoms with Gasteiger partial charge < -0.3 is 9.84 Å². The van der Waals surface area contributed by atoms with Crippen LogP contribution in [0.3, 0.4) is 0 Å². The van der Waals surface area contributed by atoms with Gasteiger partial charge in [-0.3, -0.25) is 0 Å². The van der Waals surface area contributed by atoms with E-state index >= 15 is 0 Å². The summed E-state index contributed by atoms with van der Waals surface area (Å²) < 4.78 is 5.07. The number of rotatable bonds is 5. The Balaban J connectivity index is 2.55. The number of aromatic hydroxyl groups is 1. The van der Waals surface area contributed by atoms with E-state index in [2.05, 4.69) is 6.92 Å². The molecule has 0 aliphatic carbocycles. The minimum absolute atomic E-state index is 0.0221. The van der Waals surface area contributed by atoms with Crippen LogP contribution >= 0.6 is 0 Å². The molecule has 0 unspecified atom stereocenters. The Hall–Kier alpha value is -1.51. The van der Waals surface area contributed by atoms with Crippen molar-refractivity contribution >= 4 is 5.97 Å². The number of phenolic OH excluding ortho intramolecular Hbond substituents is 1. The zero-order chi connectivity index (χ0) is 12.0. The molecule has 0 spiro atoms. The van der Waals surface area contributed by atoms with Crippen LogP contribution in [0.2, 0.25) is 0 Å². The molecule has 0 heterocycles. The molecule has 88 valence electrons. The summed E-state index contributed by atoms with van der Waals surface area (Å²) in [7, 11) is 0. The number of ether oxygens (including phenoxy) is 1. The third kappa shape index (κ3) is 3.57. The average molecular weight is 222 g/mol. The number of hydrogen-bond acceptors (Lipinski definition) is 3. The highest BCUT2D eigenvalue weighted by atomic mass is 16.5. The van der Waals surface area contributed by atoms with E-state index in [9.17, 15) is 9.90 Å². The number of carbonyl (C=O) groups is 1. The van der Waals surface area contributed by atoms with E-state index in [0.717, 1.165) is 24.8 Å². The van der Waals surface area contributed by atoms with Gasteiger partial charge in [-0.15, -0.1) is 0 Å². The Bertz CT molecular complexity index is 358. The number of unbranched alkanes of at least 4 members (excludes halogenated alkanes) is 2. The molecule has 0 atom stereocenters. The van der Waals surface area contributed by atoms with Crippen molar-refractivity contribution in [1.29, 1.82) is 0 Å². The molecule has 0 amide bonds. The molecule has 0 aromatic heterocycles. The van der Waals surface area contributed by atoms with Crippen LogP contribution in [0.15, 0.2) is 18.2 Å². The van der Waals surface area contributed by atoms with Crippen molar-refractivity contribution in [2.45, 2.75) is 33.1 Å². The summed E-state index contributed by atoms with van der Waals surface area (Å²) in [6, 6.07) is 4.90. The minimum Gasteiger partial charge on any atom is -0.507 e. The first-order valence-corrected chi connectivity index (χ1v) is 5.62. The second-order valence-electron chi connectivity index (χ2n) is 3.86. The molecule has 0 bridgehead atoms. The lowest BCUT2D eigenvalue weighted by Crippen LogP contribution is -2.07. The third-order valence-corrected chi connectivity index (χ3v) is 2.35. The lowest BCUT2D eigenvalue weighted by atomic mass is 10.1. The number of hydrogen-bond donors (Lipinski definition) is 1. The lowest BCUT2D eigenvalue weighted by Gasteiger charge is -2.06. The van der Waals surface area contributed by atoms with E-state index in [1.54, 1.807) is 12.1 Å². The van der Waals surface area contributed by atoms with E-state index < -0.39 is 5.97 Å². The summed E-state index contributed by atoms with van der Waals surface area (Å²) >= 11 is 0. The van der Waals surface area contributed by atoms with Crippen molar-refractivity contribution in [2.75, 3.05) is 6.61 Å². The molecule has 0 aliphatic rings. The highest BCUT2D eigenvalue weighted by Gasteiger charge is 2.12. The van der Waals surface area contributed by atoms with Crippen molar-refractivity contribution in [1.82, 2.24) is 0 Å². The van der Waals surface area contributed by atoms with Gasteiger partial charge in [0.25, 0.3) is 0 Å². The predicted octanol–water partition coefficient (Wildman–Crippen LogP) is 3.05. The van der Waals surface area contributed by atoms with Gasteiger partial charge in [-0.2, -0.15) is 0 Å². The maximum absolute atomic E-state index is 11.6. The van der Waals surface area contributed by atoms with E-state index in [1.807, 2.05) is 6.92 Å². The monoisotopic (exact) mass is 222 g/mol. The van der Waals surface area contributed by atoms with Crippen molar-refractivity contribution in [2.24, 2.45) is 0 Å². The Morgan fingerprint density at radius 2 is 2.12 bits per heavy atom. The molecule has 1 aromatic rings. The highest BCUT2D eigenvalue weighted by Crippen LogP contribution is 2.19. The molecule has 3 nitrogen and oxygen atoms in total. The Morgan fingerprint density at radius 3 is 2.81 bits per heavy atom. The summed E-state index contributed by atoms with van der Waals surface area (Å²) in [5.74, 6) is -0.469. The number of aryl methyl sites for hydroxylation is 1. The lowest BCUT2D eigenvalue weighted by molar-refractivity contribution is 0.0495. The fourth-order valence-corrected chi connectivity index (χ4v) is 1.41. The summed E-state index contributed by atoms with van der Waals surface area (Å²) in [6.07, 6.45) is 3.01. The van der Waals surface area contributed by atoms with Crippen LogP contribution in [0, 0.1) is 6.92 Å². The zero-order valence-electron chi connectivity index (χ0n) is 9.82. The molecule has 0 fully saturated rings. The first-order chi connectivity index (χ1) is 7.65. The van der Waals surface area contributed by atoms with Crippen LogP contribution in [0.5, 0.6) is 5.75 Å². The fraction of sp³-hybridized carbons (Fsp3) is 0.462. The van der Waals surface area contributed by atoms with Crippen molar-refractivity contribution in [3.63, 3.8) is 0 Å². The van der Waals surface area contributed by atoms with Gasteiger partial charge in [-0.05, 0) is 25.5 Å². The second kappa shape index (κ2) is 6.16. The molecule has 1 rings (SSSR count). The van der Waals surface area contributed by atoms with Crippen molar-refractivity contribution in [3.05, 3.63) is 29.3 Å². The van der Waals surface area contributed by atoms with Crippen LogP contribution in [0.1, 0.15) is 42.1 Å². The standard InChI is InChI=1S/C13H18O3/c1-3-4-5-8-16-13(15)11-9-10(2)6-7-12(11)14/h6-7,9,14H,3-5,8H2,1-2H3. The average Bonchev–Trinajstić information content (AvgIpc) is 2.27. The number of esters is 1. The molecule has 0 radical (unpaired) electrons. The maximum Gasteiger partial charge on any atom is 0.341 e. The van der Waals surface area contributed by atoms with Crippen molar-refractivity contribution < 1.29 is 14.6 Å². The Kier molecular flexibility index (Phi) is 4.83.